The van der Waals surface area contributed by atoms with Crippen LogP contribution >= 0.6 is 0 Å². The van der Waals surface area contributed by atoms with Crippen LogP contribution in [0.2, 0.25) is 0 Å². The van der Waals surface area contributed by atoms with Gasteiger partial charge >= 0.3 is 0 Å². The average molecular weight is 477 g/mol. The fourth-order valence-corrected chi connectivity index (χ4v) is 4.61. The summed E-state index contributed by atoms with van der Waals surface area (Å²) in [6, 6.07) is 29.2. The molecule has 0 radical (unpaired) electrons. The maximum atomic E-state index is 10.6. The SMILES string of the molecule is COc1ccc(-n2c3ccccc3c3c(O)cccc32)cc1OCc1nc(-c2ccccc2)oc1C. The van der Waals surface area contributed by atoms with E-state index >= 15 is 0 Å². The van der Waals surface area contributed by atoms with Gasteiger partial charge in [0.1, 0.15) is 23.8 Å². The van der Waals surface area contributed by atoms with E-state index in [1.165, 1.54) is 0 Å². The lowest BCUT2D eigenvalue weighted by atomic mass is 10.1. The molecule has 0 saturated heterocycles. The maximum Gasteiger partial charge on any atom is 0.226 e. The zero-order valence-corrected chi connectivity index (χ0v) is 19.9. The first-order valence-electron chi connectivity index (χ1n) is 11.7. The van der Waals surface area contributed by atoms with Crippen molar-refractivity contribution in [3.63, 3.8) is 0 Å². The van der Waals surface area contributed by atoms with Crippen LogP contribution in [0.5, 0.6) is 17.2 Å². The number of fused-ring (bicyclic) bond motifs is 3. The fraction of sp³-hybridized carbons (Fsp3) is 0.100. The monoisotopic (exact) mass is 476 g/mol. The molecule has 0 saturated carbocycles. The highest BCUT2D eigenvalue weighted by Crippen LogP contribution is 2.39. The zero-order valence-electron chi connectivity index (χ0n) is 19.9. The van der Waals surface area contributed by atoms with Crippen LogP contribution in [0.3, 0.4) is 0 Å². The van der Waals surface area contributed by atoms with Gasteiger partial charge in [-0.3, -0.25) is 0 Å². The molecular formula is C30H24N2O4. The third-order valence-corrected chi connectivity index (χ3v) is 6.36. The molecule has 6 nitrogen and oxygen atoms in total. The summed E-state index contributed by atoms with van der Waals surface area (Å²) in [5, 5.41) is 12.4. The number of hydrogen-bond donors (Lipinski definition) is 1. The van der Waals surface area contributed by atoms with Crippen molar-refractivity contribution in [1.82, 2.24) is 9.55 Å². The van der Waals surface area contributed by atoms with Gasteiger partial charge in [-0.2, -0.15) is 0 Å². The third kappa shape index (κ3) is 3.64. The van der Waals surface area contributed by atoms with Gasteiger partial charge in [0, 0.05) is 22.4 Å². The van der Waals surface area contributed by atoms with Gasteiger partial charge in [0.25, 0.3) is 0 Å². The summed E-state index contributed by atoms with van der Waals surface area (Å²) in [5.74, 6) is 2.74. The molecule has 0 spiro atoms. The summed E-state index contributed by atoms with van der Waals surface area (Å²) in [7, 11) is 1.62. The van der Waals surface area contributed by atoms with Gasteiger partial charge < -0.3 is 23.6 Å². The van der Waals surface area contributed by atoms with Gasteiger partial charge in [0.15, 0.2) is 11.5 Å². The van der Waals surface area contributed by atoms with Crippen molar-refractivity contribution in [2.75, 3.05) is 7.11 Å². The van der Waals surface area contributed by atoms with Gasteiger partial charge in [0.2, 0.25) is 5.89 Å². The molecule has 1 N–H and O–H groups in total. The van der Waals surface area contributed by atoms with Crippen molar-refractivity contribution in [3.05, 3.63) is 102 Å². The normalized spacial score (nSPS) is 11.3. The van der Waals surface area contributed by atoms with Gasteiger partial charge in [-0.1, -0.05) is 42.5 Å². The van der Waals surface area contributed by atoms with Gasteiger partial charge in [-0.15, -0.1) is 0 Å². The Bertz CT molecular complexity index is 1700. The number of nitrogens with zero attached hydrogens (tertiary/aromatic N) is 2. The molecule has 4 aromatic carbocycles. The largest absolute Gasteiger partial charge is 0.507 e. The van der Waals surface area contributed by atoms with Crippen molar-refractivity contribution in [1.29, 1.82) is 0 Å². The summed E-state index contributed by atoms with van der Waals surface area (Å²) in [4.78, 5) is 4.65. The van der Waals surface area contributed by atoms with E-state index in [1.54, 1.807) is 13.2 Å². The standard InChI is InChI=1S/C30H24N2O4/c1-19-23(31-30(36-19)20-9-4-3-5-10-20)18-35-28-17-21(15-16-27(28)34-2)32-24-12-7-6-11-22(24)29-25(32)13-8-14-26(29)33/h3-17,33H,18H2,1-2H3. The number of ether oxygens (including phenoxy) is 2. The summed E-state index contributed by atoms with van der Waals surface area (Å²) >= 11 is 0. The number of aryl methyl sites for hydroxylation is 1. The summed E-state index contributed by atoms with van der Waals surface area (Å²) in [6.07, 6.45) is 0. The molecule has 6 aromatic rings. The van der Waals surface area contributed by atoms with Crippen molar-refractivity contribution in [2.24, 2.45) is 0 Å². The molecule has 178 valence electrons. The van der Waals surface area contributed by atoms with E-state index in [0.717, 1.165) is 38.8 Å². The Hall–Kier alpha value is -4.71. The number of oxazole rings is 1. The molecule has 6 rings (SSSR count). The molecule has 6 heteroatoms. The van der Waals surface area contributed by atoms with Gasteiger partial charge in [-0.05, 0) is 49.4 Å². The average Bonchev–Trinajstić information content (AvgIpc) is 3.46. The number of methoxy groups -OCH3 is 1. The molecule has 36 heavy (non-hydrogen) atoms. The predicted molar refractivity (Wildman–Crippen MR) is 140 cm³/mol. The Morgan fingerprint density at radius 3 is 2.47 bits per heavy atom. The second kappa shape index (κ2) is 8.82. The van der Waals surface area contributed by atoms with E-state index in [-0.39, 0.29) is 12.4 Å². The Labute approximate surface area is 208 Å². The number of benzene rings is 4. The molecule has 0 amide bonds. The van der Waals surface area contributed by atoms with E-state index in [0.29, 0.717) is 23.1 Å². The fourth-order valence-electron chi connectivity index (χ4n) is 4.61. The topological polar surface area (TPSA) is 69.7 Å². The third-order valence-electron chi connectivity index (χ3n) is 6.36. The Morgan fingerprint density at radius 1 is 0.861 bits per heavy atom. The minimum absolute atomic E-state index is 0.232. The maximum absolute atomic E-state index is 10.6. The van der Waals surface area contributed by atoms with Crippen molar-refractivity contribution in [2.45, 2.75) is 13.5 Å². The lowest BCUT2D eigenvalue weighted by Crippen LogP contribution is -2.01. The molecule has 0 aliphatic carbocycles. The predicted octanol–water partition coefficient (Wildman–Crippen LogP) is 7.04. The number of phenols is 1. The molecule has 0 aliphatic heterocycles. The second-order valence-electron chi connectivity index (χ2n) is 8.54. The molecule has 0 unspecified atom stereocenters. The highest BCUT2D eigenvalue weighted by atomic mass is 16.5. The zero-order chi connectivity index (χ0) is 24.6. The lowest BCUT2D eigenvalue weighted by Gasteiger charge is -2.14. The van der Waals surface area contributed by atoms with Crippen molar-refractivity contribution < 1.29 is 19.0 Å². The lowest BCUT2D eigenvalue weighted by molar-refractivity contribution is 0.279. The van der Waals surface area contributed by atoms with Gasteiger partial charge in [0.05, 0.1) is 23.8 Å². The van der Waals surface area contributed by atoms with Crippen LogP contribution in [0.25, 0.3) is 38.9 Å². The molecule has 0 fully saturated rings. The number of hydrogen-bond acceptors (Lipinski definition) is 5. The first-order valence-corrected chi connectivity index (χ1v) is 11.7. The summed E-state index contributed by atoms with van der Waals surface area (Å²) in [6.45, 7) is 2.12. The number of rotatable bonds is 6. The van der Waals surface area contributed by atoms with E-state index in [1.807, 2.05) is 91.9 Å². The van der Waals surface area contributed by atoms with Crippen LogP contribution in [0.1, 0.15) is 11.5 Å². The van der Waals surface area contributed by atoms with E-state index < -0.39 is 0 Å². The summed E-state index contributed by atoms with van der Waals surface area (Å²) < 4.78 is 19.8. The minimum Gasteiger partial charge on any atom is -0.507 e. The Balaban J connectivity index is 1.39. The molecule has 2 heterocycles. The molecule has 0 aliphatic rings. The van der Waals surface area contributed by atoms with Gasteiger partial charge in [-0.25, -0.2) is 4.98 Å². The molecule has 2 aromatic heterocycles. The van der Waals surface area contributed by atoms with Crippen LogP contribution in [0.15, 0.2) is 95.4 Å². The van der Waals surface area contributed by atoms with Crippen LogP contribution in [0, 0.1) is 6.92 Å². The minimum atomic E-state index is 0.232. The van der Waals surface area contributed by atoms with Crippen LogP contribution in [0.4, 0.5) is 0 Å². The van der Waals surface area contributed by atoms with E-state index in [2.05, 4.69) is 9.55 Å². The Morgan fingerprint density at radius 2 is 1.64 bits per heavy atom. The van der Waals surface area contributed by atoms with E-state index in [9.17, 15) is 5.11 Å². The molecule has 0 atom stereocenters. The number of aromatic hydroxyl groups is 1. The second-order valence-corrected chi connectivity index (χ2v) is 8.54. The highest BCUT2D eigenvalue weighted by Gasteiger charge is 2.17. The highest BCUT2D eigenvalue weighted by molar-refractivity contribution is 6.12. The molecular weight excluding hydrogens is 452 g/mol. The number of para-hydroxylation sites is 1. The van der Waals surface area contributed by atoms with Crippen LogP contribution in [-0.2, 0) is 6.61 Å². The number of phenolic OH excluding ortho intramolecular Hbond substituents is 1. The first kappa shape index (κ1) is 21.8. The quantitative estimate of drug-likeness (QED) is 0.279. The van der Waals surface area contributed by atoms with Crippen molar-refractivity contribution in [3.8, 4) is 34.4 Å². The number of aromatic nitrogens is 2. The van der Waals surface area contributed by atoms with Crippen LogP contribution in [-0.4, -0.2) is 21.8 Å². The smallest absolute Gasteiger partial charge is 0.226 e. The van der Waals surface area contributed by atoms with E-state index in [4.69, 9.17) is 13.9 Å². The summed E-state index contributed by atoms with van der Waals surface area (Å²) in [5.41, 5.74) is 4.44. The Kier molecular flexibility index (Phi) is 5.34. The first-order chi connectivity index (χ1) is 17.6. The van der Waals surface area contributed by atoms with Crippen molar-refractivity contribution >= 4 is 21.8 Å². The molecule has 0 bridgehead atoms. The van der Waals surface area contributed by atoms with Crippen LogP contribution < -0.4 is 9.47 Å².